The molecule has 2 saturated heterocycles. The van der Waals surface area contributed by atoms with Gasteiger partial charge >= 0.3 is 0 Å². The lowest BCUT2D eigenvalue weighted by Crippen LogP contribution is -2.54. The Bertz CT molecular complexity index is 863. The van der Waals surface area contributed by atoms with Crippen LogP contribution in [0.4, 0.5) is 0 Å². The number of hydrogen-bond acceptors (Lipinski definition) is 8. The van der Waals surface area contributed by atoms with Crippen LogP contribution in [0.1, 0.15) is 19.8 Å². The van der Waals surface area contributed by atoms with Crippen molar-refractivity contribution in [1.82, 2.24) is 9.79 Å². The van der Waals surface area contributed by atoms with Crippen LogP contribution in [0.2, 0.25) is 0 Å². The normalized spacial score (nSPS) is 20.9. The van der Waals surface area contributed by atoms with Crippen LogP contribution in [0.25, 0.3) is 0 Å². The fourth-order valence-corrected chi connectivity index (χ4v) is 6.46. The van der Waals surface area contributed by atoms with E-state index in [-0.39, 0.29) is 36.9 Å². The average molecular weight is 463 g/mol. The summed E-state index contributed by atoms with van der Waals surface area (Å²) in [4.78, 5) is 12.2. The smallest absolute Gasteiger partial charge is 0.265 e. The highest BCUT2D eigenvalue weighted by Crippen LogP contribution is 2.35. The van der Waals surface area contributed by atoms with E-state index in [9.17, 15) is 17.4 Å². The molecule has 0 aliphatic carbocycles. The Kier molecular flexibility index (Phi) is 7.47. The van der Waals surface area contributed by atoms with Gasteiger partial charge in [-0.15, -0.1) is 0 Å². The molecule has 0 bridgehead atoms. The van der Waals surface area contributed by atoms with Gasteiger partial charge in [-0.05, 0) is 44.0 Å². The maximum absolute atomic E-state index is 13.2. The van der Waals surface area contributed by atoms with E-state index in [0.717, 1.165) is 0 Å². The van der Waals surface area contributed by atoms with E-state index in [4.69, 9.17) is 18.9 Å². The van der Waals surface area contributed by atoms with Crippen LogP contribution in [-0.2, 0) is 34.8 Å². The molecule has 1 unspecified atom stereocenters. The monoisotopic (exact) mass is 462 g/mol. The minimum absolute atomic E-state index is 0.0257. The van der Waals surface area contributed by atoms with Gasteiger partial charge in [0, 0.05) is 32.2 Å². The number of sulfone groups is 1. The van der Waals surface area contributed by atoms with Crippen molar-refractivity contribution in [1.29, 1.82) is 0 Å². The summed E-state index contributed by atoms with van der Waals surface area (Å²) in [5.41, 5.74) is 1.49. The quantitative estimate of drug-likeness (QED) is 0.399. The zero-order valence-corrected chi connectivity index (χ0v) is 18.2. The lowest BCUT2D eigenvalue weighted by Gasteiger charge is -2.36. The third-order valence-corrected chi connectivity index (χ3v) is 8.98. The van der Waals surface area contributed by atoms with E-state index in [1.807, 2.05) is 0 Å². The molecule has 2 N–H and O–H groups in total. The zero-order chi connectivity index (χ0) is 21.8. The van der Waals surface area contributed by atoms with Crippen LogP contribution >= 0.6 is 0 Å². The molecule has 2 heterocycles. The summed E-state index contributed by atoms with van der Waals surface area (Å²) in [6, 6.07) is 5.85. The number of amides is 1. The summed E-state index contributed by atoms with van der Waals surface area (Å²) in [7, 11) is -4.06. The van der Waals surface area contributed by atoms with E-state index in [2.05, 4.69) is 0 Å². The highest BCUT2D eigenvalue weighted by atomic mass is 32.2. The molecule has 1 atom stereocenters. The number of benzene rings is 1. The van der Waals surface area contributed by atoms with Crippen molar-refractivity contribution < 1.29 is 36.3 Å². The van der Waals surface area contributed by atoms with Gasteiger partial charge in [0.1, 0.15) is 5.75 Å². The van der Waals surface area contributed by atoms with Gasteiger partial charge in [0.15, 0.2) is 14.6 Å². The largest absolute Gasteiger partial charge is 0.493 e. The van der Waals surface area contributed by atoms with E-state index in [0.29, 0.717) is 32.1 Å². The fraction of sp³-hybridized carbons (Fsp3) is 0.611. The Morgan fingerprint density at radius 2 is 1.93 bits per heavy atom. The molecule has 2 fully saturated rings. The van der Waals surface area contributed by atoms with Crippen molar-refractivity contribution in [3.63, 3.8) is 0 Å². The molecule has 168 valence electrons. The van der Waals surface area contributed by atoms with Gasteiger partial charge in [0.2, 0.25) is 11.3 Å². The Balaban J connectivity index is 1.62. The number of carbonyl (C=O) groups excluding carboxylic acids is 1. The van der Waals surface area contributed by atoms with Crippen LogP contribution in [0.5, 0.6) is 5.75 Å². The average Bonchev–Trinajstić information content (AvgIpc) is 2.73. The summed E-state index contributed by atoms with van der Waals surface area (Å²) < 4.78 is 53.9. The van der Waals surface area contributed by atoms with Crippen LogP contribution in [-0.4, -0.2) is 72.3 Å². The summed E-state index contributed by atoms with van der Waals surface area (Å²) in [5, 5.41) is 9.09. The molecule has 0 saturated carbocycles. The second-order valence-electron chi connectivity index (χ2n) is 7.17. The first-order chi connectivity index (χ1) is 14.3. The Morgan fingerprint density at radius 3 is 2.50 bits per heavy atom. The first-order valence-corrected chi connectivity index (χ1v) is 12.2. The summed E-state index contributed by atoms with van der Waals surface area (Å²) in [6.45, 7) is 3.98. The van der Waals surface area contributed by atoms with Gasteiger partial charge in [0.25, 0.3) is 5.91 Å². The SMILES string of the molecule is CCOS(=O)N1CC(COc2ccc(S(=O)(=O)C3(C(=O)NO)CCOCC3)cc2)C1. The molecular formula is C18H26N2O8S2. The number of nitrogens with one attached hydrogen (secondary N) is 1. The van der Waals surface area contributed by atoms with Crippen molar-refractivity contribution >= 4 is 27.0 Å². The number of ether oxygens (including phenoxy) is 2. The predicted molar refractivity (Wildman–Crippen MR) is 107 cm³/mol. The minimum atomic E-state index is -4.06. The molecule has 1 aromatic carbocycles. The van der Waals surface area contributed by atoms with E-state index in [1.54, 1.807) is 11.2 Å². The van der Waals surface area contributed by atoms with Crippen LogP contribution in [0, 0.1) is 5.92 Å². The van der Waals surface area contributed by atoms with E-state index < -0.39 is 31.8 Å². The third-order valence-electron chi connectivity index (χ3n) is 5.30. The second-order valence-corrected chi connectivity index (χ2v) is 10.6. The van der Waals surface area contributed by atoms with Gasteiger partial charge in [-0.1, -0.05) is 0 Å². The number of hydrogen-bond donors (Lipinski definition) is 2. The second kappa shape index (κ2) is 9.71. The number of rotatable bonds is 9. The fourth-order valence-electron chi connectivity index (χ4n) is 3.50. The van der Waals surface area contributed by atoms with Crippen LogP contribution in [0.3, 0.4) is 0 Å². The Morgan fingerprint density at radius 1 is 1.30 bits per heavy atom. The molecule has 0 spiro atoms. The minimum Gasteiger partial charge on any atom is -0.493 e. The Hall–Kier alpha value is -1.57. The van der Waals surface area contributed by atoms with Crippen molar-refractivity contribution in [3.8, 4) is 5.75 Å². The van der Waals surface area contributed by atoms with E-state index in [1.165, 1.54) is 29.7 Å². The maximum Gasteiger partial charge on any atom is 0.265 e. The zero-order valence-electron chi connectivity index (χ0n) is 16.6. The van der Waals surface area contributed by atoms with Gasteiger partial charge < -0.3 is 9.47 Å². The number of hydroxylamine groups is 1. The molecule has 0 radical (unpaired) electrons. The first-order valence-electron chi connectivity index (χ1n) is 9.64. The van der Waals surface area contributed by atoms with Crippen LogP contribution < -0.4 is 10.2 Å². The molecule has 12 heteroatoms. The lowest BCUT2D eigenvalue weighted by atomic mass is 9.98. The third kappa shape index (κ3) is 4.53. The lowest BCUT2D eigenvalue weighted by molar-refractivity contribution is -0.134. The topological polar surface area (TPSA) is 131 Å². The van der Waals surface area contributed by atoms with E-state index >= 15 is 0 Å². The molecule has 2 aliphatic heterocycles. The molecule has 2 aliphatic rings. The molecule has 1 aromatic rings. The molecular weight excluding hydrogens is 436 g/mol. The highest BCUT2D eigenvalue weighted by Gasteiger charge is 2.52. The number of nitrogens with zero attached hydrogens (tertiary/aromatic N) is 1. The van der Waals surface area contributed by atoms with Crippen molar-refractivity contribution in [2.24, 2.45) is 5.92 Å². The van der Waals surface area contributed by atoms with Gasteiger partial charge in [-0.25, -0.2) is 22.4 Å². The molecule has 10 nitrogen and oxygen atoms in total. The van der Waals surface area contributed by atoms with Crippen molar-refractivity contribution in [2.75, 3.05) is 39.5 Å². The maximum atomic E-state index is 13.2. The highest BCUT2D eigenvalue weighted by molar-refractivity contribution is 7.93. The first kappa shape index (κ1) is 23.1. The van der Waals surface area contributed by atoms with Gasteiger partial charge in [-0.2, -0.15) is 0 Å². The number of carbonyl (C=O) groups is 1. The Labute approximate surface area is 178 Å². The van der Waals surface area contributed by atoms with Gasteiger partial charge in [-0.3, -0.25) is 14.2 Å². The predicted octanol–water partition coefficient (Wildman–Crippen LogP) is 0.441. The summed E-state index contributed by atoms with van der Waals surface area (Å²) in [5.74, 6) is -0.257. The van der Waals surface area contributed by atoms with Crippen LogP contribution in [0.15, 0.2) is 29.2 Å². The van der Waals surface area contributed by atoms with Crippen molar-refractivity contribution in [3.05, 3.63) is 24.3 Å². The van der Waals surface area contributed by atoms with Crippen molar-refractivity contribution in [2.45, 2.75) is 29.4 Å². The molecule has 0 aromatic heterocycles. The standard InChI is InChI=1S/C18H26N2O8S2/c1-2-28-29(23)20-11-14(12-20)13-27-15-3-5-16(6-4-15)30(24,25)18(17(21)19-22)7-9-26-10-8-18/h3-6,14,22H,2,7-13H2,1H3,(H,19,21). The summed E-state index contributed by atoms with van der Waals surface area (Å²) >= 11 is -1.42. The summed E-state index contributed by atoms with van der Waals surface area (Å²) in [6.07, 6.45) is -0.0808. The van der Waals surface area contributed by atoms with Gasteiger partial charge in [0.05, 0.1) is 18.1 Å². The molecule has 30 heavy (non-hydrogen) atoms. The molecule has 3 rings (SSSR count). The molecule has 1 amide bonds.